The van der Waals surface area contributed by atoms with Crippen LogP contribution in [0.3, 0.4) is 0 Å². The Labute approximate surface area is 149 Å². The van der Waals surface area contributed by atoms with E-state index in [0.29, 0.717) is 12.1 Å². The third kappa shape index (κ3) is 2.69. The zero-order valence-corrected chi connectivity index (χ0v) is 15.5. The lowest BCUT2D eigenvalue weighted by atomic mass is 9.76. The van der Waals surface area contributed by atoms with Crippen molar-refractivity contribution in [3.05, 3.63) is 26.6 Å². The minimum absolute atomic E-state index is 0.164. The molecule has 4 rings (SSSR count). The molecule has 2 aromatic heterocycles. The Hall–Kier alpha value is -1.28. The van der Waals surface area contributed by atoms with Gasteiger partial charge in [-0.05, 0) is 30.2 Å². The predicted molar refractivity (Wildman–Crippen MR) is 96.5 cm³/mol. The second-order valence-corrected chi connectivity index (χ2v) is 9.65. The number of nitrogens with two attached hydrogens (primary N) is 1. The number of hydrogen-bond donors (Lipinski definition) is 2. The van der Waals surface area contributed by atoms with Crippen LogP contribution in [0.4, 0.5) is 0 Å². The van der Waals surface area contributed by atoms with Crippen molar-refractivity contribution in [1.82, 2.24) is 9.99 Å². The summed E-state index contributed by atoms with van der Waals surface area (Å²) in [6.45, 7) is 5.94. The molecule has 128 valence electrons. The summed E-state index contributed by atoms with van der Waals surface area (Å²) in [6.07, 6.45) is 3.75. The summed E-state index contributed by atoms with van der Waals surface area (Å²) in [5, 5.41) is 12.5. The molecular weight excluding hydrogens is 342 g/mol. The first-order chi connectivity index (χ1) is 11.3. The SMILES string of the molecule is CC1(C)CCc2sc(-c3nc4c(s3)CN(N)CC4)c(C(=O)O)c2C1. The molecule has 0 saturated carbocycles. The Bertz CT molecular complexity index is 822. The topological polar surface area (TPSA) is 79.5 Å². The maximum atomic E-state index is 12.0. The predicted octanol–water partition coefficient (Wildman–Crippen LogP) is 3.32. The molecule has 24 heavy (non-hydrogen) atoms. The van der Waals surface area contributed by atoms with E-state index in [0.717, 1.165) is 53.4 Å². The van der Waals surface area contributed by atoms with Gasteiger partial charge in [0, 0.05) is 29.3 Å². The summed E-state index contributed by atoms with van der Waals surface area (Å²) in [5.41, 5.74) is 2.77. The van der Waals surface area contributed by atoms with Gasteiger partial charge in [0.1, 0.15) is 5.01 Å². The third-order valence-electron chi connectivity index (χ3n) is 4.94. The molecule has 0 fully saturated rings. The van der Waals surface area contributed by atoms with Crippen molar-refractivity contribution in [3.8, 4) is 9.88 Å². The van der Waals surface area contributed by atoms with E-state index in [-0.39, 0.29) is 5.41 Å². The average Bonchev–Trinajstić information content (AvgIpc) is 3.05. The Morgan fingerprint density at radius 2 is 2.08 bits per heavy atom. The lowest BCUT2D eigenvalue weighted by molar-refractivity contribution is 0.0696. The molecule has 0 atom stereocenters. The van der Waals surface area contributed by atoms with Crippen LogP contribution < -0.4 is 5.84 Å². The summed E-state index contributed by atoms with van der Waals surface area (Å²) < 4.78 is 0. The first kappa shape index (κ1) is 16.2. The molecule has 0 aromatic carbocycles. The van der Waals surface area contributed by atoms with Crippen molar-refractivity contribution in [1.29, 1.82) is 0 Å². The Balaban J connectivity index is 1.82. The van der Waals surface area contributed by atoms with Crippen LogP contribution in [-0.4, -0.2) is 27.6 Å². The third-order valence-corrected chi connectivity index (χ3v) is 7.47. The van der Waals surface area contributed by atoms with Crippen molar-refractivity contribution in [2.45, 2.75) is 46.1 Å². The summed E-state index contributed by atoms with van der Waals surface area (Å²) in [4.78, 5) is 20.0. The molecule has 0 saturated heterocycles. The van der Waals surface area contributed by atoms with Crippen LogP contribution in [0.5, 0.6) is 0 Å². The number of aromatic nitrogens is 1. The van der Waals surface area contributed by atoms with Gasteiger partial charge in [0.15, 0.2) is 0 Å². The molecule has 0 radical (unpaired) electrons. The van der Waals surface area contributed by atoms with Gasteiger partial charge < -0.3 is 5.11 Å². The summed E-state index contributed by atoms with van der Waals surface area (Å²) in [7, 11) is 0. The minimum Gasteiger partial charge on any atom is -0.478 e. The van der Waals surface area contributed by atoms with Gasteiger partial charge in [-0.3, -0.25) is 5.84 Å². The van der Waals surface area contributed by atoms with Crippen LogP contribution in [0.15, 0.2) is 0 Å². The average molecular weight is 364 g/mol. The van der Waals surface area contributed by atoms with Crippen LogP contribution in [0.2, 0.25) is 0 Å². The molecule has 1 aliphatic carbocycles. The number of aromatic carboxylic acids is 1. The van der Waals surface area contributed by atoms with E-state index in [1.807, 2.05) is 0 Å². The zero-order chi connectivity index (χ0) is 17.1. The fourth-order valence-corrected chi connectivity index (χ4v) is 6.13. The van der Waals surface area contributed by atoms with Crippen molar-refractivity contribution in [2.75, 3.05) is 6.54 Å². The molecule has 1 aliphatic heterocycles. The zero-order valence-electron chi connectivity index (χ0n) is 13.9. The summed E-state index contributed by atoms with van der Waals surface area (Å²) >= 11 is 3.23. The quantitative estimate of drug-likeness (QED) is 0.800. The number of hydrazine groups is 1. The molecule has 0 spiro atoms. The maximum absolute atomic E-state index is 12.0. The van der Waals surface area contributed by atoms with Crippen LogP contribution in [0, 0.1) is 5.41 Å². The van der Waals surface area contributed by atoms with E-state index in [1.54, 1.807) is 27.7 Å². The normalized spacial score (nSPS) is 19.8. The Kier molecular flexibility index (Phi) is 3.80. The van der Waals surface area contributed by atoms with Crippen LogP contribution in [0.1, 0.15) is 51.6 Å². The first-order valence-electron chi connectivity index (χ1n) is 8.20. The van der Waals surface area contributed by atoms with Crippen molar-refractivity contribution < 1.29 is 9.90 Å². The summed E-state index contributed by atoms with van der Waals surface area (Å²) in [5.74, 6) is 5.08. The highest BCUT2D eigenvalue weighted by Crippen LogP contribution is 2.46. The number of rotatable bonds is 2. The van der Waals surface area contributed by atoms with Crippen molar-refractivity contribution in [3.63, 3.8) is 0 Å². The fraction of sp³-hybridized carbons (Fsp3) is 0.529. The van der Waals surface area contributed by atoms with Gasteiger partial charge >= 0.3 is 5.97 Å². The standard InChI is InChI=1S/C17H21N3O2S2/c1-17(2)5-3-11-9(7-17)13(16(21)22)14(23-11)15-19-10-4-6-20(18)8-12(10)24-15/h3-8,18H2,1-2H3,(H,21,22). The van der Waals surface area contributed by atoms with E-state index in [2.05, 4.69) is 13.8 Å². The number of aryl methyl sites for hydroxylation is 1. The number of fused-ring (bicyclic) bond motifs is 2. The molecule has 3 heterocycles. The smallest absolute Gasteiger partial charge is 0.337 e. The maximum Gasteiger partial charge on any atom is 0.337 e. The molecule has 0 bridgehead atoms. The van der Waals surface area contributed by atoms with Gasteiger partial charge in [0.05, 0.1) is 16.1 Å². The second kappa shape index (κ2) is 5.62. The van der Waals surface area contributed by atoms with Gasteiger partial charge in [-0.1, -0.05) is 13.8 Å². The largest absolute Gasteiger partial charge is 0.478 e. The molecule has 0 amide bonds. The van der Waals surface area contributed by atoms with E-state index in [9.17, 15) is 9.90 Å². The molecule has 2 aliphatic rings. The Morgan fingerprint density at radius 1 is 1.29 bits per heavy atom. The Morgan fingerprint density at radius 3 is 2.83 bits per heavy atom. The fourth-order valence-electron chi connectivity index (χ4n) is 3.61. The van der Waals surface area contributed by atoms with Crippen molar-refractivity contribution in [2.24, 2.45) is 11.3 Å². The van der Waals surface area contributed by atoms with Crippen LogP contribution in [-0.2, 0) is 25.8 Å². The lowest BCUT2D eigenvalue weighted by Crippen LogP contribution is -2.35. The number of nitrogens with zero attached hydrogens (tertiary/aromatic N) is 2. The summed E-state index contributed by atoms with van der Waals surface area (Å²) in [6, 6.07) is 0. The minimum atomic E-state index is -0.825. The highest BCUT2D eigenvalue weighted by atomic mass is 32.1. The van der Waals surface area contributed by atoms with E-state index >= 15 is 0 Å². The number of thiophene rings is 1. The number of thiazole rings is 1. The number of carbonyl (C=O) groups is 1. The number of carboxylic acids is 1. The van der Waals surface area contributed by atoms with Gasteiger partial charge in [0.2, 0.25) is 0 Å². The molecule has 5 nitrogen and oxygen atoms in total. The molecule has 3 N–H and O–H groups in total. The van der Waals surface area contributed by atoms with Crippen molar-refractivity contribution >= 4 is 28.6 Å². The molecule has 2 aromatic rings. The highest BCUT2D eigenvalue weighted by Gasteiger charge is 2.34. The highest BCUT2D eigenvalue weighted by molar-refractivity contribution is 7.22. The van der Waals surface area contributed by atoms with Gasteiger partial charge in [0.25, 0.3) is 0 Å². The van der Waals surface area contributed by atoms with Gasteiger partial charge in [-0.2, -0.15) is 0 Å². The van der Waals surface area contributed by atoms with E-state index < -0.39 is 5.97 Å². The van der Waals surface area contributed by atoms with E-state index in [1.165, 1.54) is 9.75 Å². The molecular formula is C17H21N3O2S2. The van der Waals surface area contributed by atoms with Gasteiger partial charge in [-0.25, -0.2) is 14.8 Å². The molecule has 0 unspecified atom stereocenters. The van der Waals surface area contributed by atoms with Crippen LogP contribution in [0.25, 0.3) is 9.88 Å². The second-order valence-electron chi connectivity index (χ2n) is 7.46. The van der Waals surface area contributed by atoms with Gasteiger partial charge in [-0.15, -0.1) is 22.7 Å². The first-order valence-corrected chi connectivity index (χ1v) is 9.84. The number of carboxylic acid groups (broad SMARTS) is 1. The van der Waals surface area contributed by atoms with Crippen LogP contribution >= 0.6 is 22.7 Å². The van der Waals surface area contributed by atoms with E-state index in [4.69, 9.17) is 10.8 Å². The number of hydrogen-bond acceptors (Lipinski definition) is 6. The molecule has 7 heteroatoms. The lowest BCUT2D eigenvalue weighted by Gasteiger charge is -2.29. The monoisotopic (exact) mass is 363 g/mol.